The normalized spacial score (nSPS) is 17.6. The molecular formula is C21H31+. The summed E-state index contributed by atoms with van der Waals surface area (Å²) < 4.78 is 0. The van der Waals surface area contributed by atoms with Gasteiger partial charge in [0.25, 0.3) is 0 Å². The first kappa shape index (κ1) is 17.6. The largest absolute Gasteiger partial charge is 0.0853 e. The molecule has 114 valence electrons. The van der Waals surface area contributed by atoms with Gasteiger partial charge >= 0.3 is 0 Å². The average Bonchev–Trinajstić information content (AvgIpc) is 2.62. The van der Waals surface area contributed by atoms with E-state index in [0.29, 0.717) is 0 Å². The third kappa shape index (κ3) is 5.46. The number of hydrogen-bond acceptors (Lipinski definition) is 0. The Labute approximate surface area is 132 Å². The van der Waals surface area contributed by atoms with Crippen LogP contribution in [-0.4, -0.2) is 0 Å². The summed E-state index contributed by atoms with van der Waals surface area (Å²) in [6.07, 6.45) is 14.9. The van der Waals surface area contributed by atoms with Gasteiger partial charge in [0.1, 0.15) is 0 Å². The number of unbranched alkanes of at least 4 members (excludes halogenated alkanes) is 1. The number of rotatable bonds is 6. The molecule has 0 unspecified atom stereocenters. The fourth-order valence-electron chi connectivity index (χ4n) is 2.67. The highest BCUT2D eigenvalue weighted by molar-refractivity contribution is 5.56. The van der Waals surface area contributed by atoms with Gasteiger partial charge in [-0.05, 0) is 70.1 Å². The van der Waals surface area contributed by atoms with E-state index in [1.54, 1.807) is 0 Å². The van der Waals surface area contributed by atoms with Gasteiger partial charge in [-0.3, -0.25) is 0 Å². The lowest BCUT2D eigenvalue weighted by atomic mass is 9.91. The van der Waals surface area contributed by atoms with Gasteiger partial charge in [0.2, 0.25) is 0 Å². The molecule has 0 aromatic rings. The molecule has 1 aliphatic carbocycles. The molecule has 21 heavy (non-hydrogen) atoms. The maximum absolute atomic E-state index is 3.94. The second-order valence-corrected chi connectivity index (χ2v) is 6.12. The first-order valence-corrected chi connectivity index (χ1v) is 8.21. The van der Waals surface area contributed by atoms with Crippen LogP contribution >= 0.6 is 0 Å². The molecule has 0 fully saturated rings. The monoisotopic (exact) mass is 283 g/mol. The fraction of sp³-hybridized carbons (Fsp3) is 0.476. The molecule has 1 rings (SSSR count). The van der Waals surface area contributed by atoms with Gasteiger partial charge in [0, 0.05) is 0 Å². The zero-order valence-corrected chi connectivity index (χ0v) is 14.6. The van der Waals surface area contributed by atoms with Crippen LogP contribution in [0.1, 0.15) is 66.7 Å². The summed E-state index contributed by atoms with van der Waals surface area (Å²) in [6.45, 7) is 15.1. The van der Waals surface area contributed by atoms with E-state index in [1.165, 1.54) is 39.9 Å². The summed E-state index contributed by atoms with van der Waals surface area (Å²) in [5.74, 6) is 0. The molecule has 0 aromatic heterocycles. The Hall–Kier alpha value is -1.43. The molecule has 0 saturated heterocycles. The second kappa shape index (κ2) is 8.77. The molecule has 0 bridgehead atoms. The van der Waals surface area contributed by atoms with Crippen molar-refractivity contribution in [3.63, 3.8) is 0 Å². The Morgan fingerprint density at radius 2 is 1.95 bits per heavy atom. The van der Waals surface area contributed by atoms with Crippen LogP contribution in [0, 0.1) is 6.92 Å². The van der Waals surface area contributed by atoms with Gasteiger partial charge in [0.05, 0.1) is 13.3 Å². The molecular weight excluding hydrogens is 252 g/mol. The van der Waals surface area contributed by atoms with Crippen molar-refractivity contribution in [2.45, 2.75) is 66.7 Å². The van der Waals surface area contributed by atoms with Gasteiger partial charge < -0.3 is 0 Å². The lowest BCUT2D eigenvalue weighted by Crippen LogP contribution is -1.95. The highest BCUT2D eigenvalue weighted by Gasteiger charge is 2.10. The highest BCUT2D eigenvalue weighted by atomic mass is 14.2. The summed E-state index contributed by atoms with van der Waals surface area (Å²) in [6, 6.07) is 0. The van der Waals surface area contributed by atoms with Crippen LogP contribution in [0.25, 0.3) is 0 Å². The molecule has 0 amide bonds. The van der Waals surface area contributed by atoms with Crippen molar-refractivity contribution in [1.82, 2.24) is 0 Å². The van der Waals surface area contributed by atoms with Crippen LogP contribution in [0.15, 0.2) is 57.7 Å². The van der Waals surface area contributed by atoms with Crippen LogP contribution in [0.4, 0.5) is 0 Å². The van der Waals surface area contributed by atoms with E-state index in [4.69, 9.17) is 0 Å². The SMILES string of the molecule is [CH2+]CCC/C(C)=C/C(C1=CCC=C(C)C=C1C)=C(C)CC. The van der Waals surface area contributed by atoms with Crippen molar-refractivity contribution < 1.29 is 0 Å². The van der Waals surface area contributed by atoms with Gasteiger partial charge in [0.15, 0.2) is 0 Å². The molecule has 1 aliphatic rings. The quantitative estimate of drug-likeness (QED) is 0.368. The molecule has 0 atom stereocenters. The maximum atomic E-state index is 3.94. The smallest absolute Gasteiger partial charge is 0.0778 e. The van der Waals surface area contributed by atoms with Crippen LogP contribution in [-0.2, 0) is 0 Å². The van der Waals surface area contributed by atoms with E-state index in [2.05, 4.69) is 65.8 Å². The molecule has 0 saturated carbocycles. The molecule has 0 heteroatoms. The average molecular weight is 283 g/mol. The van der Waals surface area contributed by atoms with Crippen LogP contribution in [0.2, 0.25) is 0 Å². The molecule has 0 N–H and O–H groups in total. The Morgan fingerprint density at radius 3 is 2.57 bits per heavy atom. The standard InChI is InChI=1S/C21H31/c1-7-9-11-17(4)15-21(18(5)8-2)20-13-10-12-16(3)14-19(20)6/h12-15H,1,7-11H2,2-6H3/q+1/b17-15+,21-18?. The molecule has 0 nitrogen and oxygen atoms in total. The highest BCUT2D eigenvalue weighted by Crippen LogP contribution is 2.29. The Kier molecular flexibility index (Phi) is 7.36. The molecule has 0 aliphatic heterocycles. The van der Waals surface area contributed by atoms with Crippen LogP contribution in [0.3, 0.4) is 0 Å². The minimum Gasteiger partial charge on any atom is -0.0778 e. The molecule has 0 heterocycles. The van der Waals surface area contributed by atoms with Crippen molar-refractivity contribution in [1.29, 1.82) is 0 Å². The Balaban J connectivity index is 3.17. The third-order valence-corrected chi connectivity index (χ3v) is 4.12. The van der Waals surface area contributed by atoms with Crippen molar-refractivity contribution in [2.75, 3.05) is 0 Å². The van der Waals surface area contributed by atoms with E-state index in [0.717, 1.165) is 25.7 Å². The van der Waals surface area contributed by atoms with Gasteiger partial charge in [-0.1, -0.05) is 47.9 Å². The van der Waals surface area contributed by atoms with Crippen LogP contribution in [0.5, 0.6) is 0 Å². The topological polar surface area (TPSA) is 0 Å². The molecule has 0 radical (unpaired) electrons. The van der Waals surface area contributed by atoms with Gasteiger partial charge in [-0.15, -0.1) is 0 Å². The maximum Gasteiger partial charge on any atom is 0.0853 e. The summed E-state index contributed by atoms with van der Waals surface area (Å²) in [5, 5.41) is 0. The lowest BCUT2D eigenvalue weighted by Gasteiger charge is -2.14. The Morgan fingerprint density at radius 1 is 1.24 bits per heavy atom. The van der Waals surface area contributed by atoms with Crippen molar-refractivity contribution in [2.24, 2.45) is 0 Å². The van der Waals surface area contributed by atoms with Gasteiger partial charge in [-0.25, -0.2) is 0 Å². The minimum atomic E-state index is 1.02. The van der Waals surface area contributed by atoms with Crippen molar-refractivity contribution >= 4 is 0 Å². The number of allylic oxidation sites excluding steroid dienone is 10. The molecule has 0 aromatic carbocycles. The Bertz CT molecular complexity index is 504. The van der Waals surface area contributed by atoms with Crippen molar-refractivity contribution in [3.05, 3.63) is 64.7 Å². The molecule has 0 spiro atoms. The van der Waals surface area contributed by atoms with E-state index in [1.807, 2.05) is 0 Å². The third-order valence-electron chi connectivity index (χ3n) is 4.12. The van der Waals surface area contributed by atoms with Crippen LogP contribution < -0.4 is 0 Å². The van der Waals surface area contributed by atoms with E-state index in [9.17, 15) is 0 Å². The first-order valence-electron chi connectivity index (χ1n) is 8.21. The zero-order valence-electron chi connectivity index (χ0n) is 14.6. The summed E-state index contributed by atoms with van der Waals surface area (Å²) in [4.78, 5) is 0. The predicted octanol–water partition coefficient (Wildman–Crippen LogP) is 6.89. The van der Waals surface area contributed by atoms with E-state index < -0.39 is 0 Å². The number of hydrogen-bond donors (Lipinski definition) is 0. The summed E-state index contributed by atoms with van der Waals surface area (Å²) in [5.41, 5.74) is 8.52. The predicted molar refractivity (Wildman–Crippen MR) is 96.2 cm³/mol. The summed E-state index contributed by atoms with van der Waals surface area (Å²) >= 11 is 0. The minimum absolute atomic E-state index is 1.02. The fourth-order valence-corrected chi connectivity index (χ4v) is 2.67. The van der Waals surface area contributed by atoms with Gasteiger partial charge in [-0.2, -0.15) is 0 Å². The van der Waals surface area contributed by atoms with E-state index >= 15 is 0 Å². The van der Waals surface area contributed by atoms with Crippen molar-refractivity contribution in [3.8, 4) is 0 Å². The zero-order chi connectivity index (χ0) is 15.8. The van der Waals surface area contributed by atoms with E-state index in [-0.39, 0.29) is 0 Å². The summed E-state index contributed by atoms with van der Waals surface area (Å²) in [7, 11) is 0. The first-order chi connectivity index (χ1) is 9.99. The second-order valence-electron chi connectivity index (χ2n) is 6.12. The lowest BCUT2D eigenvalue weighted by molar-refractivity contribution is 0.829.